The van der Waals surface area contributed by atoms with E-state index in [9.17, 15) is 19.8 Å². The molecule has 3 heterocycles. The van der Waals surface area contributed by atoms with Crippen LogP contribution in [0, 0.1) is 0 Å². The van der Waals surface area contributed by atoms with Gasteiger partial charge in [0.2, 0.25) is 11.8 Å². The summed E-state index contributed by atoms with van der Waals surface area (Å²) in [6.07, 6.45) is -9.35. The van der Waals surface area contributed by atoms with Crippen LogP contribution in [0.15, 0.2) is 91.0 Å². The number of rotatable bonds is 12. The summed E-state index contributed by atoms with van der Waals surface area (Å²) in [7, 11) is 0. The smallest absolute Gasteiger partial charge is 0.217 e. The van der Waals surface area contributed by atoms with E-state index in [1.54, 1.807) is 0 Å². The number of hydrogen-bond donors (Lipinski definition) is 4. The average Bonchev–Trinajstić information content (AvgIpc) is 3.12. The molecule has 11 atom stereocenters. The van der Waals surface area contributed by atoms with Crippen LogP contribution in [0.4, 0.5) is 0 Å². The van der Waals surface area contributed by atoms with Crippen LogP contribution in [-0.2, 0) is 56.0 Å². The molecule has 1 unspecified atom stereocenters. The molecule has 3 aromatic rings. The number of ether oxygens (including phenoxy) is 7. The molecular weight excluding hydrogens is 648 g/mol. The third-order valence-corrected chi connectivity index (χ3v) is 8.81. The topological polar surface area (TPSA) is 163 Å². The Morgan fingerprint density at radius 3 is 2.00 bits per heavy atom. The first-order chi connectivity index (χ1) is 24.3. The van der Waals surface area contributed by atoms with Crippen molar-refractivity contribution in [1.82, 2.24) is 10.6 Å². The normalized spacial score (nSPS) is 32.4. The van der Waals surface area contributed by atoms with E-state index in [4.69, 9.17) is 33.2 Å². The number of hydrogen-bond acceptors (Lipinski definition) is 11. The SMILES string of the molecule is CC(=O)N[C@@H]1[C@@H](OCc2ccccc2)[C@H](O[C@@H]2O[C@@H]3COC(c4ccccc4)O[C@H]3[C@H](O)[C@H]2NC(C)=O)[C@@H](COCc2ccccc2)O[C@@H]1O. The van der Waals surface area contributed by atoms with E-state index in [1.165, 1.54) is 13.8 Å². The first-order valence-corrected chi connectivity index (χ1v) is 16.7. The Kier molecular flexibility index (Phi) is 12.2. The molecule has 0 bridgehead atoms. The summed E-state index contributed by atoms with van der Waals surface area (Å²) >= 11 is 0. The summed E-state index contributed by atoms with van der Waals surface area (Å²) in [5.74, 6) is -0.848. The van der Waals surface area contributed by atoms with E-state index in [2.05, 4.69) is 10.6 Å². The second kappa shape index (κ2) is 17.0. The molecule has 0 saturated carbocycles. The van der Waals surface area contributed by atoms with E-state index in [-0.39, 0.29) is 26.4 Å². The van der Waals surface area contributed by atoms with Crippen LogP contribution in [-0.4, -0.2) is 96.5 Å². The van der Waals surface area contributed by atoms with Gasteiger partial charge in [0, 0.05) is 19.4 Å². The highest BCUT2D eigenvalue weighted by atomic mass is 16.8. The molecule has 50 heavy (non-hydrogen) atoms. The van der Waals surface area contributed by atoms with E-state index >= 15 is 0 Å². The molecule has 4 N–H and O–H groups in total. The van der Waals surface area contributed by atoms with Gasteiger partial charge in [0.1, 0.15) is 48.7 Å². The predicted molar refractivity (Wildman–Crippen MR) is 177 cm³/mol. The highest BCUT2D eigenvalue weighted by Crippen LogP contribution is 2.36. The third kappa shape index (κ3) is 8.93. The molecule has 3 aromatic carbocycles. The summed E-state index contributed by atoms with van der Waals surface area (Å²) in [6.45, 7) is 3.05. The molecule has 2 amide bonds. The van der Waals surface area contributed by atoms with Gasteiger partial charge in [-0.3, -0.25) is 9.59 Å². The Bertz CT molecular complexity index is 1520. The highest BCUT2D eigenvalue weighted by Gasteiger charge is 2.54. The molecule has 0 radical (unpaired) electrons. The van der Waals surface area contributed by atoms with Crippen molar-refractivity contribution in [1.29, 1.82) is 0 Å². The van der Waals surface area contributed by atoms with Crippen molar-refractivity contribution in [2.24, 2.45) is 0 Å². The van der Waals surface area contributed by atoms with E-state index in [1.807, 2.05) is 91.0 Å². The number of nitrogens with one attached hydrogen (secondary N) is 2. The minimum absolute atomic E-state index is 0.0360. The number of fused-ring (bicyclic) bond motifs is 1. The zero-order valence-electron chi connectivity index (χ0n) is 27.9. The quantitative estimate of drug-likeness (QED) is 0.220. The molecule has 3 aliphatic rings. The maximum absolute atomic E-state index is 12.5. The summed E-state index contributed by atoms with van der Waals surface area (Å²) < 4.78 is 43.7. The van der Waals surface area contributed by atoms with Crippen LogP contribution in [0.5, 0.6) is 0 Å². The highest BCUT2D eigenvalue weighted by molar-refractivity contribution is 5.73. The second-order valence-corrected chi connectivity index (χ2v) is 12.6. The zero-order valence-corrected chi connectivity index (χ0v) is 27.9. The summed E-state index contributed by atoms with van der Waals surface area (Å²) in [6, 6.07) is 26.1. The minimum Gasteiger partial charge on any atom is -0.388 e. The number of aliphatic hydroxyl groups excluding tert-OH is 2. The molecule has 3 saturated heterocycles. The Morgan fingerprint density at radius 1 is 0.760 bits per heavy atom. The summed E-state index contributed by atoms with van der Waals surface area (Å²) in [5.41, 5.74) is 2.54. The summed E-state index contributed by atoms with van der Waals surface area (Å²) in [4.78, 5) is 24.8. The van der Waals surface area contributed by atoms with Crippen molar-refractivity contribution in [3.63, 3.8) is 0 Å². The lowest BCUT2D eigenvalue weighted by molar-refractivity contribution is -0.366. The fraction of sp³-hybridized carbons (Fsp3) is 0.459. The maximum atomic E-state index is 12.5. The lowest BCUT2D eigenvalue weighted by atomic mass is 9.93. The molecule has 0 aliphatic carbocycles. The van der Waals surface area contributed by atoms with Gasteiger partial charge in [-0.1, -0.05) is 91.0 Å². The van der Waals surface area contributed by atoms with Crippen LogP contribution in [0.2, 0.25) is 0 Å². The van der Waals surface area contributed by atoms with Gasteiger partial charge in [0.25, 0.3) is 0 Å². The number of amides is 2. The van der Waals surface area contributed by atoms with Gasteiger partial charge in [0.05, 0.1) is 26.4 Å². The van der Waals surface area contributed by atoms with Gasteiger partial charge in [0.15, 0.2) is 18.9 Å². The second-order valence-electron chi connectivity index (χ2n) is 12.6. The molecule has 3 aliphatic heterocycles. The van der Waals surface area contributed by atoms with Crippen molar-refractivity contribution < 1.29 is 53.0 Å². The number of benzene rings is 3. The first kappa shape index (κ1) is 36.0. The Balaban J connectivity index is 1.28. The Labute approximate surface area is 290 Å². The molecule has 3 fully saturated rings. The van der Waals surface area contributed by atoms with Crippen LogP contribution >= 0.6 is 0 Å². The standard InChI is InChI=1S/C37H44N2O11/c1-22(40)38-29-31(42)32-28(21-46-36(49-32)26-16-10-5-11-17-26)48-37(29)50-33-27(20-44-18-24-12-6-3-7-13-24)47-35(43)30(39-23(2)41)34(33)45-19-25-14-8-4-9-15-25/h3-17,27-37,42-43H,18-21H2,1-2H3,(H,38,40)(H,39,41)/t27-,28-,29-,30-,31-,32-,33-,34-,35+,36?,37+/m1/s1. The molecule has 268 valence electrons. The molecular formula is C37H44N2O11. The van der Waals surface area contributed by atoms with Crippen molar-refractivity contribution in [3.05, 3.63) is 108 Å². The van der Waals surface area contributed by atoms with Crippen LogP contribution in [0.25, 0.3) is 0 Å². The fourth-order valence-corrected chi connectivity index (χ4v) is 6.47. The Hall–Kier alpha value is -3.76. The molecule has 6 rings (SSSR count). The lowest BCUT2D eigenvalue weighted by Gasteiger charge is -2.50. The largest absolute Gasteiger partial charge is 0.388 e. The van der Waals surface area contributed by atoms with Gasteiger partial charge in [-0.25, -0.2) is 0 Å². The van der Waals surface area contributed by atoms with E-state index < -0.39 is 79.4 Å². The maximum Gasteiger partial charge on any atom is 0.217 e. The molecule has 0 spiro atoms. The molecule has 13 heteroatoms. The van der Waals surface area contributed by atoms with Crippen LogP contribution in [0.3, 0.4) is 0 Å². The number of carbonyl (C=O) groups is 2. The first-order valence-electron chi connectivity index (χ1n) is 16.7. The predicted octanol–water partition coefficient (Wildman–Crippen LogP) is 2.10. The third-order valence-electron chi connectivity index (χ3n) is 8.81. The van der Waals surface area contributed by atoms with Gasteiger partial charge in [-0.15, -0.1) is 0 Å². The molecule has 0 aromatic heterocycles. The van der Waals surface area contributed by atoms with Crippen LogP contribution in [0.1, 0.15) is 36.8 Å². The number of aliphatic hydroxyl groups is 2. The Morgan fingerprint density at radius 2 is 1.36 bits per heavy atom. The average molecular weight is 693 g/mol. The monoisotopic (exact) mass is 692 g/mol. The van der Waals surface area contributed by atoms with Crippen molar-refractivity contribution >= 4 is 11.8 Å². The number of carbonyl (C=O) groups excluding carboxylic acids is 2. The summed E-state index contributed by atoms with van der Waals surface area (Å²) in [5, 5.41) is 28.4. The molecule has 13 nitrogen and oxygen atoms in total. The van der Waals surface area contributed by atoms with Gasteiger partial charge >= 0.3 is 0 Å². The van der Waals surface area contributed by atoms with Crippen LogP contribution < -0.4 is 10.6 Å². The minimum atomic E-state index is -1.48. The van der Waals surface area contributed by atoms with Gasteiger partial charge < -0.3 is 54.0 Å². The zero-order chi connectivity index (χ0) is 35.0. The van der Waals surface area contributed by atoms with Crippen molar-refractivity contribution in [3.8, 4) is 0 Å². The fourth-order valence-electron chi connectivity index (χ4n) is 6.47. The van der Waals surface area contributed by atoms with Gasteiger partial charge in [-0.05, 0) is 11.1 Å². The van der Waals surface area contributed by atoms with Gasteiger partial charge in [-0.2, -0.15) is 0 Å². The lowest BCUT2D eigenvalue weighted by Crippen LogP contribution is -2.70. The van der Waals surface area contributed by atoms with Crippen molar-refractivity contribution in [2.45, 2.75) is 94.6 Å². The van der Waals surface area contributed by atoms with E-state index in [0.717, 1.165) is 16.7 Å². The van der Waals surface area contributed by atoms with E-state index in [0.29, 0.717) is 0 Å². The van der Waals surface area contributed by atoms with Crippen molar-refractivity contribution in [2.75, 3.05) is 13.2 Å².